The van der Waals surface area contributed by atoms with Crippen LogP contribution in [0, 0.1) is 6.92 Å². The first kappa shape index (κ1) is 19.8. The Labute approximate surface area is 151 Å². The van der Waals surface area contributed by atoms with Crippen molar-refractivity contribution in [2.24, 2.45) is 0 Å². The van der Waals surface area contributed by atoms with Gasteiger partial charge in [-0.15, -0.1) is 0 Å². The van der Waals surface area contributed by atoms with Crippen molar-refractivity contribution in [2.75, 3.05) is 6.26 Å². The van der Waals surface area contributed by atoms with Gasteiger partial charge in [0, 0.05) is 37.0 Å². The van der Waals surface area contributed by atoms with Crippen molar-refractivity contribution < 1.29 is 18.4 Å². The molecule has 1 atom stereocenters. The van der Waals surface area contributed by atoms with Gasteiger partial charge in [0.1, 0.15) is 0 Å². The fourth-order valence-electron chi connectivity index (χ4n) is 2.52. The summed E-state index contributed by atoms with van der Waals surface area (Å²) in [5, 5.41) is 8.83. The SMILES string of the molecule is Cc1cc(-c2ccn(CCC(C)(C(=O)NO)S(C)(=O)=O)c(=O)c2)ccn1. The number of pyridine rings is 2. The van der Waals surface area contributed by atoms with Gasteiger partial charge in [-0.05, 0) is 49.6 Å². The van der Waals surface area contributed by atoms with Crippen molar-refractivity contribution in [3.63, 3.8) is 0 Å². The molecule has 0 spiro atoms. The number of amides is 1. The lowest BCUT2D eigenvalue weighted by atomic mass is 10.1. The highest BCUT2D eigenvalue weighted by Crippen LogP contribution is 2.22. The number of hydrogen-bond donors (Lipinski definition) is 2. The van der Waals surface area contributed by atoms with Gasteiger partial charge in [-0.1, -0.05) is 0 Å². The Hall–Kier alpha value is -2.52. The van der Waals surface area contributed by atoms with E-state index < -0.39 is 20.5 Å². The van der Waals surface area contributed by atoms with Crippen LogP contribution in [0.5, 0.6) is 0 Å². The Morgan fingerprint density at radius 2 is 1.96 bits per heavy atom. The molecule has 140 valence electrons. The largest absolute Gasteiger partial charge is 0.315 e. The van der Waals surface area contributed by atoms with Crippen molar-refractivity contribution in [3.05, 3.63) is 52.7 Å². The maximum atomic E-state index is 12.4. The predicted molar refractivity (Wildman–Crippen MR) is 96.5 cm³/mol. The zero-order valence-corrected chi connectivity index (χ0v) is 15.6. The van der Waals surface area contributed by atoms with E-state index in [4.69, 9.17) is 5.21 Å². The molecule has 1 unspecified atom stereocenters. The number of carbonyl (C=O) groups excluding carboxylic acids is 1. The number of hydrogen-bond acceptors (Lipinski definition) is 6. The molecule has 2 aromatic rings. The van der Waals surface area contributed by atoms with E-state index in [-0.39, 0.29) is 18.5 Å². The van der Waals surface area contributed by atoms with Gasteiger partial charge in [0.2, 0.25) is 0 Å². The second-order valence-electron chi connectivity index (χ2n) is 6.33. The molecule has 9 heteroatoms. The van der Waals surface area contributed by atoms with Gasteiger partial charge in [0.15, 0.2) is 14.6 Å². The molecule has 0 saturated carbocycles. The third kappa shape index (κ3) is 4.00. The Balaban J connectivity index is 2.28. The van der Waals surface area contributed by atoms with Crippen LogP contribution in [0.15, 0.2) is 41.5 Å². The maximum absolute atomic E-state index is 12.4. The topological polar surface area (TPSA) is 118 Å². The van der Waals surface area contributed by atoms with Crippen molar-refractivity contribution in [1.29, 1.82) is 0 Å². The summed E-state index contributed by atoms with van der Waals surface area (Å²) >= 11 is 0. The molecule has 26 heavy (non-hydrogen) atoms. The first-order valence-electron chi connectivity index (χ1n) is 7.86. The summed E-state index contributed by atoms with van der Waals surface area (Å²) in [6.45, 7) is 3.07. The highest BCUT2D eigenvalue weighted by atomic mass is 32.2. The minimum absolute atomic E-state index is 0.00543. The summed E-state index contributed by atoms with van der Waals surface area (Å²) in [6.07, 6.45) is 3.96. The van der Waals surface area contributed by atoms with Crippen molar-refractivity contribution in [3.8, 4) is 11.1 Å². The smallest absolute Gasteiger partial charge is 0.264 e. The first-order chi connectivity index (χ1) is 12.1. The number of aryl methyl sites for hydroxylation is 2. The molecule has 1 amide bonds. The van der Waals surface area contributed by atoms with Crippen LogP contribution in [0.4, 0.5) is 0 Å². The molecular formula is C17H21N3O5S. The van der Waals surface area contributed by atoms with E-state index in [1.807, 2.05) is 13.0 Å². The maximum Gasteiger partial charge on any atom is 0.264 e. The first-order valence-corrected chi connectivity index (χ1v) is 9.75. The molecular weight excluding hydrogens is 358 g/mol. The molecule has 0 aliphatic carbocycles. The number of nitrogens with one attached hydrogen (secondary N) is 1. The highest BCUT2D eigenvalue weighted by molar-refractivity contribution is 7.92. The van der Waals surface area contributed by atoms with Crippen LogP contribution in [0.3, 0.4) is 0 Å². The Kier molecular flexibility index (Phi) is 5.62. The molecule has 0 fully saturated rings. The van der Waals surface area contributed by atoms with Gasteiger partial charge in [-0.2, -0.15) is 0 Å². The summed E-state index contributed by atoms with van der Waals surface area (Å²) in [5.74, 6) is -1.03. The van der Waals surface area contributed by atoms with Crippen molar-refractivity contribution in [2.45, 2.75) is 31.6 Å². The summed E-state index contributed by atoms with van der Waals surface area (Å²) in [7, 11) is -3.81. The van der Waals surface area contributed by atoms with E-state index in [2.05, 4.69) is 4.98 Å². The van der Waals surface area contributed by atoms with Crippen LogP contribution in [-0.2, 0) is 21.2 Å². The summed E-state index contributed by atoms with van der Waals surface area (Å²) in [6, 6.07) is 6.82. The van der Waals surface area contributed by atoms with Crippen LogP contribution >= 0.6 is 0 Å². The normalized spacial score (nSPS) is 13.8. The zero-order chi connectivity index (χ0) is 19.5. The standard InChI is InChI=1S/C17H21N3O5S/c1-12-10-13(4-7-18-12)14-5-8-20(15(21)11-14)9-6-17(2,16(22)19-23)26(3,24)25/h4-5,7-8,10-11,23H,6,9H2,1-3H3,(H,19,22). The number of aromatic nitrogens is 2. The lowest BCUT2D eigenvalue weighted by molar-refractivity contribution is -0.131. The molecule has 2 rings (SSSR count). The number of hydroxylamine groups is 1. The summed E-state index contributed by atoms with van der Waals surface area (Å²) < 4.78 is 23.4. The van der Waals surface area contributed by atoms with Crippen molar-refractivity contribution in [1.82, 2.24) is 15.0 Å². The second kappa shape index (κ2) is 7.38. The van der Waals surface area contributed by atoms with Crippen LogP contribution < -0.4 is 11.0 Å². The van der Waals surface area contributed by atoms with Crippen LogP contribution in [0.1, 0.15) is 19.0 Å². The third-order valence-corrected chi connectivity index (χ3v) is 6.48. The second-order valence-corrected chi connectivity index (χ2v) is 8.77. The van der Waals surface area contributed by atoms with E-state index >= 15 is 0 Å². The van der Waals surface area contributed by atoms with Crippen molar-refractivity contribution >= 4 is 15.7 Å². The van der Waals surface area contributed by atoms with E-state index in [1.165, 1.54) is 23.0 Å². The quantitative estimate of drug-likeness (QED) is 0.569. The average molecular weight is 379 g/mol. The Bertz CT molecular complexity index is 984. The van der Waals surface area contributed by atoms with E-state index in [1.54, 1.807) is 24.5 Å². The molecule has 0 aromatic carbocycles. The lowest BCUT2D eigenvalue weighted by Crippen LogP contribution is -2.49. The molecule has 0 radical (unpaired) electrons. The van der Waals surface area contributed by atoms with Gasteiger partial charge in [-0.3, -0.25) is 19.8 Å². The molecule has 2 heterocycles. The minimum Gasteiger partial charge on any atom is -0.315 e. The zero-order valence-electron chi connectivity index (χ0n) is 14.8. The molecule has 2 aromatic heterocycles. The summed E-state index contributed by atoms with van der Waals surface area (Å²) in [4.78, 5) is 28.3. The Morgan fingerprint density at radius 1 is 1.31 bits per heavy atom. The average Bonchev–Trinajstić information content (AvgIpc) is 2.58. The molecule has 0 aliphatic rings. The third-order valence-electron chi connectivity index (χ3n) is 4.46. The van der Waals surface area contributed by atoms with E-state index in [9.17, 15) is 18.0 Å². The van der Waals surface area contributed by atoms with Gasteiger partial charge < -0.3 is 4.57 Å². The van der Waals surface area contributed by atoms with Crippen LogP contribution in [0.2, 0.25) is 0 Å². The molecule has 0 saturated heterocycles. The van der Waals surface area contributed by atoms with Gasteiger partial charge in [0.25, 0.3) is 11.5 Å². The van der Waals surface area contributed by atoms with Crippen LogP contribution in [0.25, 0.3) is 11.1 Å². The van der Waals surface area contributed by atoms with Crippen LogP contribution in [-0.4, -0.2) is 40.1 Å². The number of rotatable bonds is 6. The fraction of sp³-hybridized carbons (Fsp3) is 0.353. The van der Waals surface area contributed by atoms with E-state index in [0.717, 1.165) is 23.1 Å². The molecule has 0 bridgehead atoms. The molecule has 8 nitrogen and oxygen atoms in total. The fourth-order valence-corrected chi connectivity index (χ4v) is 3.36. The lowest BCUT2D eigenvalue weighted by Gasteiger charge is -2.25. The number of nitrogens with zero attached hydrogens (tertiary/aromatic N) is 2. The molecule has 0 aliphatic heterocycles. The minimum atomic E-state index is -3.81. The highest BCUT2D eigenvalue weighted by Gasteiger charge is 2.43. The van der Waals surface area contributed by atoms with Gasteiger partial charge in [0.05, 0.1) is 0 Å². The van der Waals surface area contributed by atoms with Gasteiger partial charge >= 0.3 is 0 Å². The Morgan fingerprint density at radius 3 is 2.50 bits per heavy atom. The number of carbonyl (C=O) groups is 1. The molecule has 2 N–H and O–H groups in total. The van der Waals surface area contributed by atoms with Gasteiger partial charge in [-0.25, -0.2) is 13.9 Å². The monoisotopic (exact) mass is 379 g/mol. The van der Waals surface area contributed by atoms with E-state index in [0.29, 0.717) is 0 Å². The predicted octanol–water partition coefficient (Wildman–Crippen LogP) is 0.918. The summed E-state index contributed by atoms with van der Waals surface area (Å²) in [5.41, 5.74) is 3.46. The number of sulfone groups is 1.